The van der Waals surface area contributed by atoms with Gasteiger partial charge in [-0.3, -0.25) is 4.79 Å². The molecule has 3 nitrogen and oxygen atoms in total. The minimum Gasteiger partial charge on any atom is -0.497 e. The third-order valence-electron chi connectivity index (χ3n) is 2.72. The van der Waals surface area contributed by atoms with Gasteiger partial charge in [0.15, 0.2) is 0 Å². The van der Waals surface area contributed by atoms with Crippen molar-refractivity contribution in [3.8, 4) is 5.75 Å². The van der Waals surface area contributed by atoms with E-state index in [1.165, 1.54) is 0 Å². The predicted molar refractivity (Wildman–Crippen MR) is 74.2 cm³/mol. The maximum Gasteiger partial charge on any atom is 0.224 e. The summed E-state index contributed by atoms with van der Waals surface area (Å²) in [5, 5.41) is 2.81. The van der Waals surface area contributed by atoms with Crippen molar-refractivity contribution in [1.29, 1.82) is 0 Å². The fourth-order valence-electron chi connectivity index (χ4n) is 1.48. The topological polar surface area (TPSA) is 38.3 Å². The van der Waals surface area contributed by atoms with Crippen LogP contribution in [0.3, 0.4) is 0 Å². The highest BCUT2D eigenvalue weighted by Crippen LogP contribution is 2.13. The van der Waals surface area contributed by atoms with Crippen LogP contribution >= 0.6 is 11.6 Å². The number of benzene rings is 1. The van der Waals surface area contributed by atoms with Gasteiger partial charge >= 0.3 is 0 Å². The van der Waals surface area contributed by atoms with E-state index in [4.69, 9.17) is 16.3 Å². The molecule has 0 aliphatic rings. The summed E-state index contributed by atoms with van der Waals surface area (Å²) in [4.78, 5) is 11.7. The molecule has 0 saturated carbocycles. The summed E-state index contributed by atoms with van der Waals surface area (Å²) < 4.78 is 5.11. The minimum atomic E-state index is -0.0285. The zero-order valence-electron chi connectivity index (χ0n) is 11.1. The second-order valence-electron chi connectivity index (χ2n) is 4.59. The third kappa shape index (κ3) is 4.96. The molecule has 100 valence electrons. The van der Waals surface area contributed by atoms with Crippen LogP contribution in [-0.2, 0) is 11.2 Å². The Morgan fingerprint density at radius 1 is 1.44 bits per heavy atom. The first-order chi connectivity index (χ1) is 8.52. The third-order valence-corrected chi connectivity index (χ3v) is 3.37. The fourth-order valence-corrected chi connectivity index (χ4v) is 1.55. The number of hydrogen-bond acceptors (Lipinski definition) is 2. The Labute approximate surface area is 113 Å². The van der Waals surface area contributed by atoms with Gasteiger partial charge in [0.1, 0.15) is 5.75 Å². The molecule has 0 radical (unpaired) electrons. The maximum atomic E-state index is 11.7. The van der Waals surface area contributed by atoms with Gasteiger partial charge in [0.25, 0.3) is 0 Å². The van der Waals surface area contributed by atoms with Crippen molar-refractivity contribution < 1.29 is 9.53 Å². The van der Waals surface area contributed by atoms with Crippen LogP contribution in [0.5, 0.6) is 5.75 Å². The van der Waals surface area contributed by atoms with Crippen molar-refractivity contribution in [1.82, 2.24) is 5.32 Å². The van der Waals surface area contributed by atoms with Crippen molar-refractivity contribution in [2.24, 2.45) is 5.92 Å². The number of methoxy groups -OCH3 is 1. The van der Waals surface area contributed by atoms with Gasteiger partial charge in [0.05, 0.1) is 18.9 Å². The highest BCUT2D eigenvalue weighted by Gasteiger charge is 2.11. The lowest BCUT2D eigenvalue weighted by molar-refractivity contribution is -0.120. The Morgan fingerprint density at radius 3 is 2.78 bits per heavy atom. The molecule has 4 heteroatoms. The Balaban J connectivity index is 2.44. The molecule has 0 aromatic heterocycles. The molecule has 1 atom stereocenters. The number of alkyl halides is 1. The molecule has 18 heavy (non-hydrogen) atoms. The van der Waals surface area contributed by atoms with E-state index in [1.807, 2.05) is 38.1 Å². The molecule has 0 aliphatic carbocycles. The van der Waals surface area contributed by atoms with E-state index >= 15 is 0 Å². The molecule has 1 amide bonds. The highest BCUT2D eigenvalue weighted by atomic mass is 35.5. The molecular formula is C14H20ClNO2. The zero-order valence-corrected chi connectivity index (χ0v) is 11.8. The van der Waals surface area contributed by atoms with Gasteiger partial charge in [-0.1, -0.05) is 26.0 Å². The van der Waals surface area contributed by atoms with Crippen LogP contribution in [0.2, 0.25) is 0 Å². The predicted octanol–water partition coefficient (Wildman–Crippen LogP) is 2.62. The Hall–Kier alpha value is -1.22. The van der Waals surface area contributed by atoms with E-state index in [0.717, 1.165) is 11.3 Å². The summed E-state index contributed by atoms with van der Waals surface area (Å²) in [5.41, 5.74) is 0.933. The van der Waals surface area contributed by atoms with Gasteiger partial charge in [-0.05, 0) is 23.6 Å². The van der Waals surface area contributed by atoms with Crippen LogP contribution in [0.1, 0.15) is 19.4 Å². The lowest BCUT2D eigenvalue weighted by atomic mass is 10.1. The molecule has 1 unspecified atom stereocenters. The molecule has 1 aromatic carbocycles. The average molecular weight is 270 g/mol. The molecule has 0 aliphatic heterocycles. The number of rotatable bonds is 6. The number of carbonyl (C=O) groups is 1. The second kappa shape index (κ2) is 7.27. The van der Waals surface area contributed by atoms with Gasteiger partial charge in [-0.2, -0.15) is 0 Å². The van der Waals surface area contributed by atoms with Crippen molar-refractivity contribution in [2.45, 2.75) is 25.6 Å². The quantitative estimate of drug-likeness (QED) is 0.807. The summed E-state index contributed by atoms with van der Waals surface area (Å²) in [6.07, 6.45) is 0.346. The van der Waals surface area contributed by atoms with E-state index in [-0.39, 0.29) is 11.3 Å². The second-order valence-corrected chi connectivity index (χ2v) is 5.15. The molecule has 0 saturated heterocycles. The first-order valence-electron chi connectivity index (χ1n) is 6.06. The van der Waals surface area contributed by atoms with Gasteiger partial charge in [0, 0.05) is 6.54 Å². The molecular weight excluding hydrogens is 250 g/mol. The largest absolute Gasteiger partial charge is 0.497 e. The van der Waals surface area contributed by atoms with Gasteiger partial charge in [0.2, 0.25) is 5.91 Å². The van der Waals surface area contributed by atoms with Crippen molar-refractivity contribution in [3.63, 3.8) is 0 Å². The first kappa shape index (κ1) is 14.8. The summed E-state index contributed by atoms with van der Waals surface area (Å²) in [6, 6.07) is 7.50. The molecule has 0 fully saturated rings. The van der Waals surface area contributed by atoms with Crippen LogP contribution in [0.25, 0.3) is 0 Å². The summed E-state index contributed by atoms with van der Waals surface area (Å²) >= 11 is 6.08. The van der Waals surface area contributed by atoms with Crippen LogP contribution in [-0.4, -0.2) is 24.9 Å². The van der Waals surface area contributed by atoms with Gasteiger partial charge in [-0.15, -0.1) is 11.6 Å². The Morgan fingerprint density at radius 2 is 2.17 bits per heavy atom. The summed E-state index contributed by atoms with van der Waals surface area (Å²) in [7, 11) is 1.61. The smallest absolute Gasteiger partial charge is 0.224 e. The fraction of sp³-hybridized carbons (Fsp3) is 0.500. The Bertz CT molecular complexity index is 393. The van der Waals surface area contributed by atoms with E-state index < -0.39 is 0 Å². The van der Waals surface area contributed by atoms with Gasteiger partial charge in [-0.25, -0.2) is 0 Å². The SMILES string of the molecule is COc1cccc(CC(=O)NCC(Cl)C(C)C)c1. The average Bonchev–Trinajstić information content (AvgIpc) is 2.36. The van der Waals surface area contributed by atoms with E-state index in [1.54, 1.807) is 7.11 Å². The number of halogens is 1. The number of amides is 1. The summed E-state index contributed by atoms with van der Waals surface area (Å²) in [5.74, 6) is 1.09. The van der Waals surface area contributed by atoms with Crippen molar-refractivity contribution >= 4 is 17.5 Å². The molecule has 0 bridgehead atoms. The monoisotopic (exact) mass is 269 g/mol. The van der Waals surface area contributed by atoms with E-state index in [2.05, 4.69) is 5.32 Å². The Kier molecular flexibility index (Phi) is 5.99. The standard InChI is InChI=1S/C14H20ClNO2/c1-10(2)13(15)9-16-14(17)8-11-5-4-6-12(7-11)18-3/h4-7,10,13H,8-9H2,1-3H3,(H,16,17). The lowest BCUT2D eigenvalue weighted by Crippen LogP contribution is -2.32. The normalized spacial score (nSPS) is 12.3. The molecule has 1 aromatic rings. The van der Waals surface area contributed by atoms with Gasteiger partial charge < -0.3 is 10.1 Å². The van der Waals surface area contributed by atoms with Crippen LogP contribution in [0.4, 0.5) is 0 Å². The number of carbonyl (C=O) groups excluding carboxylic acids is 1. The molecule has 0 heterocycles. The minimum absolute atomic E-state index is 0.0189. The highest BCUT2D eigenvalue weighted by molar-refractivity contribution is 6.21. The summed E-state index contributed by atoms with van der Waals surface area (Å²) in [6.45, 7) is 4.57. The van der Waals surface area contributed by atoms with Crippen LogP contribution < -0.4 is 10.1 Å². The van der Waals surface area contributed by atoms with E-state index in [9.17, 15) is 4.79 Å². The number of hydrogen-bond donors (Lipinski definition) is 1. The van der Waals surface area contributed by atoms with Crippen molar-refractivity contribution in [2.75, 3.05) is 13.7 Å². The first-order valence-corrected chi connectivity index (χ1v) is 6.50. The molecule has 1 rings (SSSR count). The number of ether oxygens (including phenoxy) is 1. The zero-order chi connectivity index (χ0) is 13.5. The van der Waals surface area contributed by atoms with Crippen LogP contribution in [0.15, 0.2) is 24.3 Å². The molecule has 1 N–H and O–H groups in total. The molecule has 0 spiro atoms. The van der Waals surface area contributed by atoms with E-state index in [0.29, 0.717) is 18.9 Å². The number of nitrogens with one attached hydrogen (secondary N) is 1. The lowest BCUT2D eigenvalue weighted by Gasteiger charge is -2.14. The maximum absolute atomic E-state index is 11.7. The van der Waals surface area contributed by atoms with Crippen molar-refractivity contribution in [3.05, 3.63) is 29.8 Å². The van der Waals surface area contributed by atoms with Crippen LogP contribution in [0, 0.1) is 5.92 Å².